The minimum atomic E-state index is -2.75. The van der Waals surface area contributed by atoms with Gasteiger partial charge >= 0.3 is 6.01 Å². The lowest BCUT2D eigenvalue weighted by atomic mass is 9.99. The van der Waals surface area contributed by atoms with E-state index in [4.69, 9.17) is 14.6 Å². The number of nitrogens with zero attached hydrogens (tertiary/aromatic N) is 4. The number of pyridine rings is 2. The van der Waals surface area contributed by atoms with Gasteiger partial charge < -0.3 is 19.9 Å². The van der Waals surface area contributed by atoms with E-state index < -0.39 is 12.1 Å². The number of benzene rings is 1. The Bertz CT molecular complexity index is 1730. The molecule has 1 atom stereocenters. The number of nitrogens with two attached hydrogens (primary N) is 1. The average molecular weight is 519 g/mol. The molecule has 4 heterocycles. The summed E-state index contributed by atoms with van der Waals surface area (Å²) in [5, 5.41) is 11.4. The molecule has 3 N–H and O–H groups in total. The normalized spacial score (nSPS) is 12.3. The van der Waals surface area contributed by atoms with E-state index in [0.717, 1.165) is 11.3 Å². The van der Waals surface area contributed by atoms with E-state index >= 15 is 0 Å². The van der Waals surface area contributed by atoms with Crippen LogP contribution in [-0.2, 0) is 0 Å². The summed E-state index contributed by atoms with van der Waals surface area (Å²) in [6.45, 7) is 7.21. The number of hydrogen-bond donors (Lipinski definition) is 2. The SMILES string of the molecule is Cc1cc(C(C)Nc2ccc(C)nc2-c2nnc(N)o2)c2oc(-c3cccc(C(F)F)n3)c(C)c(=O)c2c1. The van der Waals surface area contributed by atoms with Crippen molar-refractivity contribution in [3.05, 3.63) is 80.8 Å². The highest BCUT2D eigenvalue weighted by Crippen LogP contribution is 2.34. The van der Waals surface area contributed by atoms with Crippen molar-refractivity contribution in [3.63, 3.8) is 0 Å². The first-order chi connectivity index (χ1) is 18.1. The van der Waals surface area contributed by atoms with Gasteiger partial charge in [-0.3, -0.25) is 4.79 Å². The van der Waals surface area contributed by atoms with Gasteiger partial charge in [-0.25, -0.2) is 18.7 Å². The molecule has 194 valence electrons. The van der Waals surface area contributed by atoms with Crippen molar-refractivity contribution in [2.75, 3.05) is 11.1 Å². The molecule has 0 radical (unpaired) electrons. The van der Waals surface area contributed by atoms with Gasteiger partial charge in [-0.1, -0.05) is 17.2 Å². The molecule has 5 rings (SSSR count). The third-order valence-corrected chi connectivity index (χ3v) is 6.13. The van der Waals surface area contributed by atoms with Crippen LogP contribution < -0.4 is 16.5 Å². The number of nitrogens with one attached hydrogen (secondary N) is 1. The zero-order valence-electron chi connectivity index (χ0n) is 21.0. The summed E-state index contributed by atoms with van der Waals surface area (Å²) >= 11 is 0. The standard InChI is InChI=1S/C27H24F2N6O3/c1-12-10-16(15(4)32-18-9-8-13(2)31-21(18)26-34-35-27(30)38-26)24-17(11-12)22(36)14(3)23(37-24)19-6-5-7-20(33-19)25(28)29/h5-11,15,25,32H,1-4H3,(H2,30,35). The van der Waals surface area contributed by atoms with Crippen LogP contribution in [0.3, 0.4) is 0 Å². The van der Waals surface area contributed by atoms with E-state index in [1.54, 1.807) is 19.1 Å². The van der Waals surface area contributed by atoms with Crippen molar-refractivity contribution in [1.82, 2.24) is 20.2 Å². The summed E-state index contributed by atoms with van der Waals surface area (Å²) in [6, 6.07) is 11.1. The lowest BCUT2D eigenvalue weighted by molar-refractivity contribution is 0.146. The molecule has 0 aliphatic rings. The molecule has 0 spiro atoms. The van der Waals surface area contributed by atoms with Crippen LogP contribution in [0.5, 0.6) is 0 Å². The fraction of sp³-hybridized carbons (Fsp3) is 0.222. The molecule has 0 fully saturated rings. The fourth-order valence-corrected chi connectivity index (χ4v) is 4.31. The van der Waals surface area contributed by atoms with E-state index in [0.29, 0.717) is 27.9 Å². The van der Waals surface area contributed by atoms with Gasteiger partial charge in [0.15, 0.2) is 16.9 Å². The Morgan fingerprint density at radius 2 is 1.79 bits per heavy atom. The van der Waals surface area contributed by atoms with Crippen LogP contribution in [0.25, 0.3) is 34.0 Å². The second kappa shape index (κ2) is 9.66. The zero-order chi connectivity index (χ0) is 27.1. The van der Waals surface area contributed by atoms with Crippen LogP contribution in [0.15, 0.2) is 56.1 Å². The van der Waals surface area contributed by atoms with Crippen molar-refractivity contribution in [2.24, 2.45) is 0 Å². The highest BCUT2D eigenvalue weighted by Gasteiger charge is 2.22. The Balaban J connectivity index is 1.64. The van der Waals surface area contributed by atoms with Crippen molar-refractivity contribution in [1.29, 1.82) is 0 Å². The maximum atomic E-state index is 13.4. The van der Waals surface area contributed by atoms with Crippen LogP contribution in [0.4, 0.5) is 20.5 Å². The van der Waals surface area contributed by atoms with E-state index in [1.165, 1.54) is 12.1 Å². The first-order valence-electron chi connectivity index (χ1n) is 11.8. The molecule has 9 nitrogen and oxygen atoms in total. The van der Waals surface area contributed by atoms with Crippen molar-refractivity contribution in [3.8, 4) is 23.0 Å². The predicted molar refractivity (Wildman–Crippen MR) is 139 cm³/mol. The minimum absolute atomic E-state index is 0.0822. The number of nitrogen functional groups attached to an aromatic ring is 1. The predicted octanol–water partition coefficient (Wildman–Crippen LogP) is 5.92. The van der Waals surface area contributed by atoms with Gasteiger partial charge in [0.25, 0.3) is 12.3 Å². The van der Waals surface area contributed by atoms with Gasteiger partial charge in [0.2, 0.25) is 0 Å². The second-order valence-corrected chi connectivity index (χ2v) is 9.02. The number of alkyl halides is 2. The number of fused-ring (bicyclic) bond motifs is 1. The molecule has 1 aromatic carbocycles. The molecule has 1 unspecified atom stereocenters. The summed E-state index contributed by atoms with van der Waals surface area (Å²) in [6.07, 6.45) is -2.75. The molecule has 0 saturated heterocycles. The summed E-state index contributed by atoms with van der Waals surface area (Å²) in [7, 11) is 0. The van der Waals surface area contributed by atoms with Gasteiger partial charge in [-0.15, -0.1) is 5.10 Å². The van der Waals surface area contributed by atoms with Gasteiger partial charge in [-0.2, -0.15) is 0 Å². The molecular formula is C27H24F2N6O3. The Hall–Kier alpha value is -4.67. The monoisotopic (exact) mass is 518 g/mol. The van der Waals surface area contributed by atoms with E-state index in [-0.39, 0.29) is 40.4 Å². The number of halogens is 2. The van der Waals surface area contributed by atoms with Gasteiger partial charge in [-0.05, 0) is 63.6 Å². The Morgan fingerprint density at radius 1 is 1.00 bits per heavy atom. The maximum Gasteiger partial charge on any atom is 0.313 e. The molecule has 0 amide bonds. The molecule has 0 saturated carbocycles. The lowest BCUT2D eigenvalue weighted by Crippen LogP contribution is -2.13. The Labute approximate surface area is 215 Å². The van der Waals surface area contributed by atoms with Gasteiger partial charge in [0.1, 0.15) is 17.0 Å². The Kier molecular flexibility index (Phi) is 6.35. The number of anilines is 2. The smallest absolute Gasteiger partial charge is 0.313 e. The van der Waals surface area contributed by atoms with Crippen molar-refractivity contribution >= 4 is 22.7 Å². The topological polar surface area (TPSA) is 133 Å². The fourth-order valence-electron chi connectivity index (χ4n) is 4.31. The molecule has 38 heavy (non-hydrogen) atoms. The van der Waals surface area contributed by atoms with E-state index in [9.17, 15) is 13.6 Å². The van der Waals surface area contributed by atoms with Gasteiger partial charge in [0.05, 0.1) is 17.1 Å². The van der Waals surface area contributed by atoms with Crippen LogP contribution in [0.2, 0.25) is 0 Å². The second-order valence-electron chi connectivity index (χ2n) is 9.02. The number of aryl methyl sites for hydroxylation is 2. The first kappa shape index (κ1) is 25.0. The summed E-state index contributed by atoms with van der Waals surface area (Å²) in [5.74, 6) is 0.297. The average Bonchev–Trinajstić information content (AvgIpc) is 3.33. The summed E-state index contributed by atoms with van der Waals surface area (Å²) in [4.78, 5) is 22.0. The number of aromatic nitrogens is 4. The highest BCUT2D eigenvalue weighted by molar-refractivity contribution is 5.84. The van der Waals surface area contributed by atoms with Crippen molar-refractivity contribution in [2.45, 2.75) is 40.2 Å². The van der Waals surface area contributed by atoms with Crippen molar-refractivity contribution < 1.29 is 17.6 Å². The summed E-state index contributed by atoms with van der Waals surface area (Å²) in [5.41, 5.74) is 9.01. The zero-order valence-corrected chi connectivity index (χ0v) is 21.0. The number of rotatable bonds is 6. The molecule has 5 aromatic rings. The Morgan fingerprint density at radius 3 is 2.50 bits per heavy atom. The maximum absolute atomic E-state index is 13.4. The summed E-state index contributed by atoms with van der Waals surface area (Å²) < 4.78 is 38.3. The molecule has 0 aliphatic heterocycles. The van der Waals surface area contributed by atoms with Gasteiger partial charge in [0, 0.05) is 16.8 Å². The first-order valence-corrected chi connectivity index (χ1v) is 11.8. The minimum Gasteiger partial charge on any atom is -0.454 e. The molecular weight excluding hydrogens is 494 g/mol. The van der Waals surface area contributed by atoms with Crippen LogP contribution in [0.1, 0.15) is 47.5 Å². The third-order valence-electron chi connectivity index (χ3n) is 6.13. The van der Waals surface area contributed by atoms with E-state index in [1.807, 2.05) is 39.0 Å². The number of hydrogen-bond acceptors (Lipinski definition) is 9. The highest BCUT2D eigenvalue weighted by atomic mass is 19.3. The molecule has 11 heteroatoms. The lowest BCUT2D eigenvalue weighted by Gasteiger charge is -2.20. The quantitative estimate of drug-likeness (QED) is 0.281. The third kappa shape index (κ3) is 4.58. The van der Waals surface area contributed by atoms with Crippen LogP contribution >= 0.6 is 0 Å². The van der Waals surface area contributed by atoms with Crippen LogP contribution in [0, 0.1) is 20.8 Å². The van der Waals surface area contributed by atoms with Crippen LogP contribution in [-0.4, -0.2) is 20.2 Å². The molecule has 0 aliphatic carbocycles. The largest absolute Gasteiger partial charge is 0.454 e. The molecule has 4 aromatic heterocycles. The van der Waals surface area contributed by atoms with E-state index in [2.05, 4.69) is 25.5 Å². The molecule has 0 bridgehead atoms.